The first-order chi connectivity index (χ1) is 5.77. The minimum atomic E-state index is 0.401. The van der Waals surface area contributed by atoms with E-state index in [1.807, 2.05) is 13.2 Å². The maximum Gasteiger partial charge on any atom is 0.0778 e. The Kier molecular flexibility index (Phi) is 2.89. The largest absolute Gasteiger partial charge is 0.320 e. The first kappa shape index (κ1) is 8.82. The van der Waals surface area contributed by atoms with E-state index in [1.54, 1.807) is 4.68 Å². The van der Waals surface area contributed by atoms with Gasteiger partial charge in [-0.2, -0.15) is 5.10 Å². The molecule has 0 spiro atoms. The third-order valence-electron chi connectivity index (χ3n) is 1.57. The summed E-state index contributed by atoms with van der Waals surface area (Å²) >= 11 is 0. The van der Waals surface area contributed by atoms with E-state index < -0.39 is 0 Å². The molecule has 0 bridgehead atoms. The van der Waals surface area contributed by atoms with Crippen LogP contribution in [0.15, 0.2) is 6.20 Å². The molecule has 0 aromatic carbocycles. The van der Waals surface area contributed by atoms with Crippen LogP contribution in [-0.4, -0.2) is 16.3 Å². The Hall–Kier alpha value is -1.27. The fourth-order valence-corrected chi connectivity index (χ4v) is 1.05. The molecule has 0 saturated heterocycles. The number of rotatable bonds is 1. The second-order valence-electron chi connectivity index (χ2n) is 2.52. The molecule has 1 rings (SSSR count). The molecule has 2 N–H and O–H groups in total. The lowest BCUT2D eigenvalue weighted by atomic mass is 10.2. The van der Waals surface area contributed by atoms with E-state index in [4.69, 9.17) is 5.73 Å². The monoisotopic (exact) mass is 163 g/mol. The molecular formula is C9H13N3. The van der Waals surface area contributed by atoms with Gasteiger partial charge in [-0.15, -0.1) is 0 Å². The van der Waals surface area contributed by atoms with Gasteiger partial charge in [0.15, 0.2) is 0 Å². The minimum absolute atomic E-state index is 0.401. The maximum absolute atomic E-state index is 5.27. The zero-order valence-electron chi connectivity index (χ0n) is 7.46. The van der Waals surface area contributed by atoms with Crippen molar-refractivity contribution in [3.05, 3.63) is 17.5 Å². The van der Waals surface area contributed by atoms with Crippen molar-refractivity contribution in [3.8, 4) is 11.8 Å². The third-order valence-corrected chi connectivity index (χ3v) is 1.57. The Morgan fingerprint density at radius 1 is 1.67 bits per heavy atom. The standard InChI is InChI=1S/C9H13N3/c1-3-9-8(5-4-6-10)7-12(2)11-9/h7H,3,6,10H2,1-2H3. The number of hydrogen-bond acceptors (Lipinski definition) is 2. The Bertz CT molecular complexity index is 314. The Labute approximate surface area is 72.6 Å². The van der Waals surface area contributed by atoms with Gasteiger partial charge < -0.3 is 5.73 Å². The summed E-state index contributed by atoms with van der Waals surface area (Å²) < 4.78 is 1.78. The van der Waals surface area contributed by atoms with Crippen LogP contribution in [0.2, 0.25) is 0 Å². The highest BCUT2D eigenvalue weighted by Crippen LogP contribution is 2.04. The van der Waals surface area contributed by atoms with E-state index in [0.717, 1.165) is 17.7 Å². The highest BCUT2D eigenvalue weighted by Gasteiger charge is 2.01. The van der Waals surface area contributed by atoms with Gasteiger partial charge >= 0.3 is 0 Å². The first-order valence-electron chi connectivity index (χ1n) is 3.99. The van der Waals surface area contributed by atoms with Gasteiger partial charge in [0.2, 0.25) is 0 Å². The number of aromatic nitrogens is 2. The van der Waals surface area contributed by atoms with Crippen LogP contribution >= 0.6 is 0 Å². The van der Waals surface area contributed by atoms with Gasteiger partial charge in [0, 0.05) is 13.2 Å². The SMILES string of the molecule is CCc1nn(C)cc1C#CCN. The van der Waals surface area contributed by atoms with Crippen molar-refractivity contribution < 1.29 is 0 Å². The summed E-state index contributed by atoms with van der Waals surface area (Å²) in [4.78, 5) is 0. The molecule has 3 nitrogen and oxygen atoms in total. The van der Waals surface area contributed by atoms with E-state index >= 15 is 0 Å². The van der Waals surface area contributed by atoms with Crippen LogP contribution in [0.3, 0.4) is 0 Å². The summed E-state index contributed by atoms with van der Waals surface area (Å²) in [5, 5.41) is 4.26. The lowest BCUT2D eigenvalue weighted by Crippen LogP contribution is -1.93. The maximum atomic E-state index is 5.27. The molecule has 0 aliphatic heterocycles. The molecule has 64 valence electrons. The van der Waals surface area contributed by atoms with Crippen LogP contribution < -0.4 is 5.73 Å². The van der Waals surface area contributed by atoms with Crippen molar-refractivity contribution in [2.45, 2.75) is 13.3 Å². The van der Waals surface area contributed by atoms with Crippen molar-refractivity contribution in [2.24, 2.45) is 12.8 Å². The second kappa shape index (κ2) is 3.93. The molecule has 1 aromatic rings. The highest BCUT2D eigenvalue weighted by atomic mass is 15.2. The Balaban J connectivity index is 2.96. The predicted molar refractivity (Wildman–Crippen MR) is 48.5 cm³/mol. The number of nitrogens with zero attached hydrogens (tertiary/aromatic N) is 2. The van der Waals surface area contributed by atoms with Gasteiger partial charge in [-0.05, 0) is 6.42 Å². The molecule has 0 saturated carbocycles. The van der Waals surface area contributed by atoms with Crippen molar-refractivity contribution in [1.29, 1.82) is 0 Å². The fourth-order valence-electron chi connectivity index (χ4n) is 1.05. The lowest BCUT2D eigenvalue weighted by molar-refractivity contribution is 0.746. The predicted octanol–water partition coefficient (Wildman–Crippen LogP) is 0.293. The fraction of sp³-hybridized carbons (Fsp3) is 0.444. The quantitative estimate of drug-likeness (QED) is 0.605. The molecule has 0 radical (unpaired) electrons. The summed E-state index contributed by atoms with van der Waals surface area (Å²) in [6, 6.07) is 0. The molecule has 0 atom stereocenters. The van der Waals surface area contributed by atoms with Crippen molar-refractivity contribution >= 4 is 0 Å². The van der Waals surface area contributed by atoms with Crippen molar-refractivity contribution in [1.82, 2.24) is 9.78 Å². The van der Waals surface area contributed by atoms with Gasteiger partial charge in [-0.3, -0.25) is 4.68 Å². The summed E-state index contributed by atoms with van der Waals surface area (Å²) in [5.74, 6) is 5.80. The van der Waals surface area contributed by atoms with Crippen LogP contribution in [-0.2, 0) is 13.5 Å². The van der Waals surface area contributed by atoms with Gasteiger partial charge in [-0.25, -0.2) is 0 Å². The van der Waals surface area contributed by atoms with E-state index in [9.17, 15) is 0 Å². The average Bonchev–Trinajstić information content (AvgIpc) is 2.42. The Morgan fingerprint density at radius 2 is 2.42 bits per heavy atom. The van der Waals surface area contributed by atoms with Crippen LogP contribution in [0.5, 0.6) is 0 Å². The zero-order chi connectivity index (χ0) is 8.97. The van der Waals surface area contributed by atoms with Crippen LogP contribution in [0.25, 0.3) is 0 Å². The molecule has 1 aromatic heterocycles. The average molecular weight is 163 g/mol. The molecule has 1 heterocycles. The van der Waals surface area contributed by atoms with Crippen molar-refractivity contribution in [2.75, 3.05) is 6.54 Å². The smallest absolute Gasteiger partial charge is 0.0778 e. The van der Waals surface area contributed by atoms with Crippen LogP contribution in [0, 0.1) is 11.8 Å². The van der Waals surface area contributed by atoms with E-state index in [1.165, 1.54) is 0 Å². The minimum Gasteiger partial charge on any atom is -0.320 e. The normalized spacial score (nSPS) is 9.25. The highest BCUT2D eigenvalue weighted by molar-refractivity contribution is 5.36. The number of hydrogen-bond donors (Lipinski definition) is 1. The first-order valence-corrected chi connectivity index (χ1v) is 3.99. The lowest BCUT2D eigenvalue weighted by Gasteiger charge is -1.86. The van der Waals surface area contributed by atoms with Gasteiger partial charge in [0.05, 0.1) is 17.8 Å². The molecule has 3 heteroatoms. The third kappa shape index (κ3) is 1.86. The van der Waals surface area contributed by atoms with E-state index in [-0.39, 0.29) is 0 Å². The van der Waals surface area contributed by atoms with Gasteiger partial charge in [0.25, 0.3) is 0 Å². The molecule has 0 amide bonds. The topological polar surface area (TPSA) is 43.8 Å². The summed E-state index contributed by atoms with van der Waals surface area (Å²) in [6.45, 7) is 2.47. The van der Waals surface area contributed by atoms with Crippen LogP contribution in [0.4, 0.5) is 0 Å². The van der Waals surface area contributed by atoms with Gasteiger partial charge in [0.1, 0.15) is 0 Å². The summed E-state index contributed by atoms with van der Waals surface area (Å²) in [5.41, 5.74) is 7.31. The molecule has 0 unspecified atom stereocenters. The van der Waals surface area contributed by atoms with E-state index in [0.29, 0.717) is 6.54 Å². The van der Waals surface area contributed by atoms with Gasteiger partial charge in [-0.1, -0.05) is 18.8 Å². The molecular weight excluding hydrogens is 150 g/mol. The number of aryl methyl sites for hydroxylation is 2. The summed E-state index contributed by atoms with van der Waals surface area (Å²) in [7, 11) is 1.90. The molecule has 12 heavy (non-hydrogen) atoms. The van der Waals surface area contributed by atoms with E-state index in [2.05, 4.69) is 23.9 Å². The molecule has 0 fully saturated rings. The zero-order valence-corrected chi connectivity index (χ0v) is 7.46. The van der Waals surface area contributed by atoms with Crippen LogP contribution in [0.1, 0.15) is 18.2 Å². The summed E-state index contributed by atoms with van der Waals surface area (Å²) in [6.07, 6.45) is 2.83. The van der Waals surface area contributed by atoms with Crippen molar-refractivity contribution in [3.63, 3.8) is 0 Å². The number of nitrogens with two attached hydrogens (primary N) is 1. The Morgan fingerprint density at radius 3 is 3.00 bits per heavy atom. The molecule has 0 aliphatic carbocycles. The molecule has 0 aliphatic rings. The second-order valence-corrected chi connectivity index (χ2v) is 2.52.